The third-order valence-electron chi connectivity index (χ3n) is 3.06. The molecule has 0 aliphatic carbocycles. The van der Waals surface area contributed by atoms with E-state index in [4.69, 9.17) is 0 Å². The lowest BCUT2D eigenvalue weighted by Gasteiger charge is -2.06. The molecular weight excluding hydrogens is 254 g/mol. The van der Waals surface area contributed by atoms with Gasteiger partial charge in [0.05, 0.1) is 19.5 Å². The fraction of sp³-hybridized carbons (Fsp3) is 0.667. The normalized spacial score (nSPS) is 10.6. The molecule has 0 saturated heterocycles. The Bertz CT molecular complexity index is 391. The molecule has 0 aliphatic rings. The summed E-state index contributed by atoms with van der Waals surface area (Å²) in [6.45, 7) is 5.41. The van der Waals surface area contributed by atoms with E-state index >= 15 is 0 Å². The number of rotatable bonds is 9. The quantitative estimate of drug-likeness (QED) is 0.555. The number of aromatic nitrogens is 2. The van der Waals surface area contributed by atoms with E-state index in [1.807, 2.05) is 0 Å². The van der Waals surface area contributed by atoms with E-state index in [0.717, 1.165) is 18.9 Å². The highest BCUT2D eigenvalue weighted by Crippen LogP contribution is 2.09. The van der Waals surface area contributed by atoms with E-state index in [9.17, 15) is 4.79 Å². The monoisotopic (exact) mass is 279 g/mol. The number of unbranched alkanes of at least 4 members (excludes halogenated alkanes) is 3. The Hall–Kier alpha value is -1.65. The summed E-state index contributed by atoms with van der Waals surface area (Å²) in [5.74, 6) is 1.03. The number of hydrogen-bond acceptors (Lipinski definition) is 5. The molecule has 20 heavy (non-hydrogen) atoms. The van der Waals surface area contributed by atoms with Crippen LogP contribution in [0.4, 0.5) is 5.82 Å². The topological polar surface area (TPSA) is 64.1 Å². The standard InChI is InChI=1S/C15H25N3O2/c1-12(2)8-6-4-5-7-9-16-14-11-17-13(10-18-14)15(19)20-3/h10-12H,4-9H2,1-3H3,(H,16,18). The Morgan fingerprint density at radius 2 is 1.95 bits per heavy atom. The highest BCUT2D eigenvalue weighted by molar-refractivity contribution is 5.86. The first kappa shape index (κ1) is 16.4. The maximum absolute atomic E-state index is 11.2. The van der Waals surface area contributed by atoms with Gasteiger partial charge in [-0.1, -0.05) is 39.5 Å². The molecular formula is C15H25N3O2. The summed E-state index contributed by atoms with van der Waals surface area (Å²) >= 11 is 0. The zero-order chi connectivity index (χ0) is 14.8. The number of nitrogens with one attached hydrogen (secondary N) is 1. The Balaban J connectivity index is 2.14. The number of methoxy groups -OCH3 is 1. The second-order valence-corrected chi connectivity index (χ2v) is 5.30. The van der Waals surface area contributed by atoms with Crippen molar-refractivity contribution in [2.75, 3.05) is 19.0 Å². The van der Waals surface area contributed by atoms with Gasteiger partial charge in [-0.3, -0.25) is 0 Å². The minimum absolute atomic E-state index is 0.228. The van der Waals surface area contributed by atoms with Gasteiger partial charge >= 0.3 is 5.97 Å². The Morgan fingerprint density at radius 1 is 1.20 bits per heavy atom. The molecule has 1 heterocycles. The zero-order valence-corrected chi connectivity index (χ0v) is 12.7. The number of hydrogen-bond donors (Lipinski definition) is 1. The molecule has 0 amide bonds. The van der Waals surface area contributed by atoms with Crippen molar-refractivity contribution in [2.45, 2.75) is 46.0 Å². The third-order valence-corrected chi connectivity index (χ3v) is 3.06. The van der Waals surface area contributed by atoms with E-state index in [0.29, 0.717) is 5.82 Å². The van der Waals surface area contributed by atoms with Crippen molar-refractivity contribution >= 4 is 11.8 Å². The van der Waals surface area contributed by atoms with Gasteiger partial charge in [0, 0.05) is 6.54 Å². The first-order valence-electron chi connectivity index (χ1n) is 7.27. The predicted octanol–water partition coefficient (Wildman–Crippen LogP) is 3.28. The molecule has 0 saturated carbocycles. The lowest BCUT2D eigenvalue weighted by molar-refractivity contribution is 0.0593. The Kier molecular flexibility index (Phi) is 7.62. The number of esters is 1. The number of carbonyl (C=O) groups is 1. The maximum atomic E-state index is 11.2. The molecule has 0 radical (unpaired) electrons. The predicted molar refractivity (Wildman–Crippen MR) is 79.8 cm³/mol. The molecule has 1 N–H and O–H groups in total. The van der Waals surface area contributed by atoms with E-state index < -0.39 is 5.97 Å². The van der Waals surface area contributed by atoms with Gasteiger partial charge < -0.3 is 10.1 Å². The van der Waals surface area contributed by atoms with E-state index in [1.54, 1.807) is 6.20 Å². The van der Waals surface area contributed by atoms with Crippen molar-refractivity contribution in [3.63, 3.8) is 0 Å². The summed E-state index contributed by atoms with van der Waals surface area (Å²) in [7, 11) is 1.33. The summed E-state index contributed by atoms with van der Waals surface area (Å²) in [5.41, 5.74) is 0.228. The van der Waals surface area contributed by atoms with Crippen molar-refractivity contribution in [3.05, 3.63) is 18.1 Å². The van der Waals surface area contributed by atoms with Crippen molar-refractivity contribution < 1.29 is 9.53 Å². The molecule has 1 aromatic rings. The van der Waals surface area contributed by atoms with Crippen LogP contribution < -0.4 is 5.32 Å². The summed E-state index contributed by atoms with van der Waals surface area (Å²) in [6, 6.07) is 0. The second-order valence-electron chi connectivity index (χ2n) is 5.30. The highest BCUT2D eigenvalue weighted by Gasteiger charge is 2.06. The molecule has 0 spiro atoms. The lowest BCUT2D eigenvalue weighted by atomic mass is 10.0. The fourth-order valence-electron chi connectivity index (χ4n) is 1.88. The largest absolute Gasteiger partial charge is 0.464 e. The first-order valence-corrected chi connectivity index (χ1v) is 7.27. The minimum Gasteiger partial charge on any atom is -0.464 e. The van der Waals surface area contributed by atoms with Gasteiger partial charge in [0.25, 0.3) is 0 Å². The molecule has 5 nitrogen and oxygen atoms in total. The third kappa shape index (κ3) is 6.50. The number of carbonyl (C=O) groups excluding carboxylic acids is 1. The number of anilines is 1. The van der Waals surface area contributed by atoms with E-state index in [-0.39, 0.29) is 5.69 Å². The maximum Gasteiger partial charge on any atom is 0.358 e. The molecule has 0 atom stereocenters. The molecule has 0 aliphatic heterocycles. The molecule has 1 rings (SSSR count). The van der Waals surface area contributed by atoms with Crippen LogP contribution in [0.3, 0.4) is 0 Å². The van der Waals surface area contributed by atoms with Crippen molar-refractivity contribution in [1.29, 1.82) is 0 Å². The zero-order valence-electron chi connectivity index (χ0n) is 12.7. The minimum atomic E-state index is -0.464. The SMILES string of the molecule is COC(=O)c1cnc(NCCCCCCC(C)C)cn1. The van der Waals surface area contributed by atoms with E-state index in [2.05, 4.69) is 33.9 Å². The van der Waals surface area contributed by atoms with Crippen LogP contribution in [0.5, 0.6) is 0 Å². The molecule has 0 unspecified atom stereocenters. The first-order chi connectivity index (χ1) is 9.63. The highest BCUT2D eigenvalue weighted by atomic mass is 16.5. The molecule has 112 valence electrons. The average molecular weight is 279 g/mol. The van der Waals surface area contributed by atoms with Crippen LogP contribution in [0.15, 0.2) is 12.4 Å². The second kappa shape index (κ2) is 9.28. The number of ether oxygens (including phenoxy) is 1. The Labute approximate surface area is 121 Å². The summed E-state index contributed by atoms with van der Waals surface area (Å²) in [5, 5.41) is 3.20. The van der Waals surface area contributed by atoms with Crippen LogP contribution in [0.25, 0.3) is 0 Å². The van der Waals surface area contributed by atoms with Crippen LogP contribution in [0.1, 0.15) is 56.4 Å². The van der Waals surface area contributed by atoms with Gasteiger partial charge in [-0.25, -0.2) is 14.8 Å². The van der Waals surface area contributed by atoms with Gasteiger partial charge in [0.2, 0.25) is 0 Å². The molecule has 0 aromatic carbocycles. The van der Waals surface area contributed by atoms with Gasteiger partial charge in [-0.2, -0.15) is 0 Å². The molecule has 0 fully saturated rings. The van der Waals surface area contributed by atoms with Crippen LogP contribution in [-0.4, -0.2) is 29.6 Å². The van der Waals surface area contributed by atoms with Gasteiger partial charge in [0.15, 0.2) is 5.69 Å². The molecule has 1 aromatic heterocycles. The van der Waals surface area contributed by atoms with Gasteiger partial charge in [-0.05, 0) is 12.3 Å². The summed E-state index contributed by atoms with van der Waals surface area (Å²) in [4.78, 5) is 19.3. The summed E-state index contributed by atoms with van der Waals surface area (Å²) in [6.07, 6.45) is 9.25. The van der Waals surface area contributed by atoms with Crippen molar-refractivity contribution in [3.8, 4) is 0 Å². The number of nitrogens with zero attached hydrogens (tertiary/aromatic N) is 2. The average Bonchev–Trinajstić information content (AvgIpc) is 2.45. The molecule has 0 bridgehead atoms. The van der Waals surface area contributed by atoms with Gasteiger partial charge in [0.1, 0.15) is 5.82 Å². The smallest absolute Gasteiger partial charge is 0.358 e. The van der Waals surface area contributed by atoms with Crippen LogP contribution >= 0.6 is 0 Å². The lowest BCUT2D eigenvalue weighted by Crippen LogP contribution is -2.08. The van der Waals surface area contributed by atoms with Gasteiger partial charge in [-0.15, -0.1) is 0 Å². The molecule has 5 heteroatoms. The van der Waals surface area contributed by atoms with Crippen molar-refractivity contribution in [1.82, 2.24) is 9.97 Å². The van der Waals surface area contributed by atoms with Crippen molar-refractivity contribution in [2.24, 2.45) is 5.92 Å². The van der Waals surface area contributed by atoms with Crippen LogP contribution in [-0.2, 0) is 4.74 Å². The van der Waals surface area contributed by atoms with E-state index in [1.165, 1.54) is 39.0 Å². The Morgan fingerprint density at radius 3 is 2.55 bits per heavy atom. The summed E-state index contributed by atoms with van der Waals surface area (Å²) < 4.78 is 4.57. The van der Waals surface area contributed by atoms with Crippen LogP contribution in [0.2, 0.25) is 0 Å². The van der Waals surface area contributed by atoms with Crippen LogP contribution in [0, 0.1) is 5.92 Å². The fourth-order valence-corrected chi connectivity index (χ4v) is 1.88.